The highest BCUT2D eigenvalue weighted by atomic mass is 31.2. The minimum atomic E-state index is -4.46. The van der Waals surface area contributed by atoms with E-state index in [4.69, 9.17) is 13.8 Å². The molecule has 9 nitrogen and oxygen atoms in total. The van der Waals surface area contributed by atoms with Gasteiger partial charge in [0, 0.05) is 12.8 Å². The number of rotatable bonds is 60. The summed E-state index contributed by atoms with van der Waals surface area (Å²) in [6.07, 6.45) is 81.2. The van der Waals surface area contributed by atoms with Gasteiger partial charge in [0.15, 0.2) is 0 Å². The van der Waals surface area contributed by atoms with E-state index in [1.807, 2.05) is 33.3 Å². The van der Waals surface area contributed by atoms with Crippen LogP contribution in [0.25, 0.3) is 0 Å². The molecule has 0 saturated heterocycles. The minimum Gasteiger partial charge on any atom is -0.456 e. The van der Waals surface area contributed by atoms with E-state index >= 15 is 0 Å². The summed E-state index contributed by atoms with van der Waals surface area (Å²) in [6, 6.07) is -0.858. The first-order valence-corrected chi connectivity index (χ1v) is 35.1. The molecule has 0 radical (unpaired) electrons. The SMILES string of the molecule is CC/C=C\C/C=C\C/C=C\C/C=C\C/C=C\CCCCCCCCCCCCCC(=O)NC(COP(=O)(O)OCC[N+](C)(C)C)C(/C=C\CCCCCCCCCCC)OC(=O)CCCCCCCCC/C=C\C/C=C\CCCCC. The number of carbonyl (C=O) groups is 2. The molecule has 0 heterocycles. The Labute approximate surface area is 500 Å². The lowest BCUT2D eigenvalue weighted by Gasteiger charge is -2.27. The maximum Gasteiger partial charge on any atom is 0.472 e. The van der Waals surface area contributed by atoms with E-state index in [0.717, 1.165) is 109 Å². The Bertz CT molecular complexity index is 1710. The Morgan fingerprint density at radius 2 is 0.790 bits per heavy atom. The molecule has 0 spiro atoms. The number of ether oxygens (including phenoxy) is 1. The summed E-state index contributed by atoms with van der Waals surface area (Å²) >= 11 is 0. The molecule has 0 aromatic rings. The third-order valence-electron chi connectivity index (χ3n) is 14.5. The van der Waals surface area contributed by atoms with Gasteiger partial charge in [-0.1, -0.05) is 266 Å². The topological polar surface area (TPSA) is 111 Å². The van der Waals surface area contributed by atoms with Crippen molar-refractivity contribution >= 4 is 19.7 Å². The van der Waals surface area contributed by atoms with Crippen LogP contribution < -0.4 is 5.32 Å². The van der Waals surface area contributed by atoms with E-state index in [9.17, 15) is 19.0 Å². The van der Waals surface area contributed by atoms with Crippen LogP contribution in [-0.2, 0) is 27.9 Å². The summed E-state index contributed by atoms with van der Waals surface area (Å²) in [5.74, 6) is -0.517. The number of likely N-dealkylation sites (N-methyl/N-ethyl adjacent to an activating group) is 1. The largest absolute Gasteiger partial charge is 0.472 e. The Morgan fingerprint density at radius 3 is 1.21 bits per heavy atom. The highest BCUT2D eigenvalue weighted by Crippen LogP contribution is 2.43. The smallest absolute Gasteiger partial charge is 0.456 e. The molecule has 0 saturated carbocycles. The van der Waals surface area contributed by atoms with Gasteiger partial charge in [-0.15, -0.1) is 0 Å². The third-order valence-corrected chi connectivity index (χ3v) is 15.5. The first-order chi connectivity index (χ1) is 39.4. The van der Waals surface area contributed by atoms with Gasteiger partial charge < -0.3 is 19.4 Å². The highest BCUT2D eigenvalue weighted by Gasteiger charge is 2.30. The van der Waals surface area contributed by atoms with Crippen LogP contribution in [0.4, 0.5) is 0 Å². The number of hydrogen-bond donors (Lipinski definition) is 2. The van der Waals surface area contributed by atoms with Gasteiger partial charge in [-0.25, -0.2) is 4.57 Å². The number of nitrogens with one attached hydrogen (secondary N) is 1. The van der Waals surface area contributed by atoms with E-state index in [2.05, 4.69) is 111 Å². The van der Waals surface area contributed by atoms with E-state index in [-0.39, 0.29) is 31.5 Å². The fourth-order valence-electron chi connectivity index (χ4n) is 9.35. The molecule has 0 bridgehead atoms. The summed E-state index contributed by atoms with van der Waals surface area (Å²) in [7, 11) is 1.48. The van der Waals surface area contributed by atoms with E-state index < -0.39 is 20.0 Å². The Kier molecular flexibility index (Phi) is 57.8. The fraction of sp³-hybridized carbons (Fsp3) is 0.746. The average Bonchev–Trinajstić information content (AvgIpc) is 3.43. The maximum atomic E-state index is 13.6. The minimum absolute atomic E-state index is 0.0348. The Morgan fingerprint density at radius 1 is 0.444 bits per heavy atom. The number of quaternary nitrogens is 1. The lowest BCUT2D eigenvalue weighted by molar-refractivity contribution is -0.870. The maximum absolute atomic E-state index is 13.6. The molecule has 0 aromatic heterocycles. The number of amides is 1. The molecule has 3 unspecified atom stereocenters. The quantitative estimate of drug-likeness (QED) is 0.0205. The summed E-state index contributed by atoms with van der Waals surface area (Å²) in [6.45, 7) is 6.87. The van der Waals surface area contributed by atoms with Crippen LogP contribution in [-0.4, -0.2) is 74.3 Å². The second-order valence-electron chi connectivity index (χ2n) is 23.6. The monoisotopic (exact) mass is 1150 g/mol. The Hall–Kier alpha value is -3.07. The summed E-state index contributed by atoms with van der Waals surface area (Å²) < 4.78 is 30.7. The zero-order valence-corrected chi connectivity index (χ0v) is 54.4. The van der Waals surface area contributed by atoms with Crippen molar-refractivity contribution < 1.29 is 37.3 Å². The van der Waals surface area contributed by atoms with Gasteiger partial charge in [-0.2, -0.15) is 0 Å². The first-order valence-electron chi connectivity index (χ1n) is 33.6. The van der Waals surface area contributed by atoms with Crippen LogP contribution in [0.2, 0.25) is 0 Å². The summed E-state index contributed by atoms with van der Waals surface area (Å²) in [5.41, 5.74) is 0. The first kappa shape index (κ1) is 77.9. The second kappa shape index (κ2) is 60.1. The number of phosphoric ester groups is 1. The zero-order valence-electron chi connectivity index (χ0n) is 53.5. The van der Waals surface area contributed by atoms with Gasteiger partial charge in [0.1, 0.15) is 19.3 Å². The van der Waals surface area contributed by atoms with Crippen molar-refractivity contribution in [2.75, 3.05) is 40.9 Å². The lowest BCUT2D eigenvalue weighted by Crippen LogP contribution is -2.47. The van der Waals surface area contributed by atoms with Gasteiger partial charge in [0.2, 0.25) is 5.91 Å². The van der Waals surface area contributed by atoms with Gasteiger partial charge in [-0.05, 0) is 109 Å². The highest BCUT2D eigenvalue weighted by molar-refractivity contribution is 7.47. The number of carbonyl (C=O) groups excluding carboxylic acids is 2. The van der Waals surface area contributed by atoms with Crippen molar-refractivity contribution in [1.82, 2.24) is 5.32 Å². The van der Waals surface area contributed by atoms with Crippen LogP contribution in [0.15, 0.2) is 97.2 Å². The summed E-state index contributed by atoms with van der Waals surface area (Å²) in [4.78, 5) is 37.8. The zero-order chi connectivity index (χ0) is 59.3. The van der Waals surface area contributed by atoms with Crippen LogP contribution in [0.1, 0.15) is 290 Å². The average molecular weight is 1150 g/mol. The number of nitrogens with zero attached hydrogens (tertiary/aromatic N) is 1. The van der Waals surface area contributed by atoms with Crippen LogP contribution in [0.3, 0.4) is 0 Å². The van der Waals surface area contributed by atoms with Gasteiger partial charge in [0.05, 0.1) is 33.8 Å². The van der Waals surface area contributed by atoms with Crippen LogP contribution in [0, 0.1) is 0 Å². The molecular formula is C71H128N2O7P+. The van der Waals surface area contributed by atoms with E-state index in [1.54, 1.807) is 0 Å². The molecular weight excluding hydrogens is 1020 g/mol. The van der Waals surface area contributed by atoms with Crippen molar-refractivity contribution in [1.29, 1.82) is 0 Å². The van der Waals surface area contributed by atoms with Crippen molar-refractivity contribution in [2.45, 2.75) is 303 Å². The lowest BCUT2D eigenvalue weighted by atomic mass is 10.0. The van der Waals surface area contributed by atoms with E-state index in [0.29, 0.717) is 17.4 Å². The number of allylic oxidation sites excluding steroid dienone is 15. The molecule has 0 aliphatic carbocycles. The molecule has 81 heavy (non-hydrogen) atoms. The molecule has 2 N–H and O–H groups in total. The van der Waals surface area contributed by atoms with E-state index in [1.165, 1.54) is 148 Å². The van der Waals surface area contributed by atoms with Crippen molar-refractivity contribution in [3.05, 3.63) is 97.2 Å². The number of hydrogen-bond acceptors (Lipinski definition) is 6. The normalized spacial score (nSPS) is 14.2. The van der Waals surface area contributed by atoms with Crippen molar-refractivity contribution in [3.63, 3.8) is 0 Å². The van der Waals surface area contributed by atoms with Crippen LogP contribution in [0.5, 0.6) is 0 Å². The number of phosphoric acid groups is 1. The molecule has 0 aliphatic rings. The predicted molar refractivity (Wildman–Crippen MR) is 350 cm³/mol. The van der Waals surface area contributed by atoms with Crippen LogP contribution >= 0.6 is 7.82 Å². The van der Waals surface area contributed by atoms with Crippen molar-refractivity contribution in [2.24, 2.45) is 0 Å². The van der Waals surface area contributed by atoms with Gasteiger partial charge in [-0.3, -0.25) is 18.6 Å². The molecule has 468 valence electrons. The number of esters is 1. The van der Waals surface area contributed by atoms with Crippen molar-refractivity contribution in [3.8, 4) is 0 Å². The Balaban J connectivity index is 5.06. The van der Waals surface area contributed by atoms with Gasteiger partial charge in [0.25, 0.3) is 0 Å². The standard InChI is InChI=1S/C71H127N2O7P/c1-7-10-13-16-19-22-25-27-29-31-32-33-34-35-36-37-38-39-40-42-43-45-48-51-54-57-60-63-70(74)72-68(67-79-81(76,77)78-66-65-73(4,5)6)69(62-59-56-53-50-47-24-21-18-15-12-9-3)80-71(75)64-61-58-55-52-49-46-44-41-30-28-26-23-20-17-14-11-8-2/h10,13,19-20,22-23,27-30,32-33,35-36,59,62,68-69H,7-9,11-12,14-18,21,24-26,31,34,37-58,60-61,63-67H2,1-6H3,(H-,72,74,76,77)/p+1/b13-10-,22-19-,23-20-,29-27-,30-28-,33-32-,36-35-,62-59-. The third kappa shape index (κ3) is 61.3. The van der Waals surface area contributed by atoms with Gasteiger partial charge >= 0.3 is 13.8 Å². The molecule has 1 amide bonds. The fourth-order valence-corrected chi connectivity index (χ4v) is 10.1. The molecule has 3 atom stereocenters. The molecule has 0 aliphatic heterocycles. The molecule has 0 aromatic carbocycles. The second-order valence-corrected chi connectivity index (χ2v) is 25.1. The predicted octanol–water partition coefficient (Wildman–Crippen LogP) is 21.1. The number of unbranched alkanes of at least 4 members (excludes halogenated alkanes) is 30. The molecule has 0 fully saturated rings. The summed E-state index contributed by atoms with van der Waals surface area (Å²) in [5, 5.41) is 3.06. The molecule has 0 rings (SSSR count). The molecule has 10 heteroatoms.